The van der Waals surface area contributed by atoms with Gasteiger partial charge in [-0.2, -0.15) is 5.10 Å². The van der Waals surface area contributed by atoms with Gasteiger partial charge in [0.05, 0.1) is 12.1 Å². The van der Waals surface area contributed by atoms with Crippen molar-refractivity contribution in [1.29, 1.82) is 0 Å². The van der Waals surface area contributed by atoms with Crippen LogP contribution in [0.15, 0.2) is 60.5 Å². The fourth-order valence-electron chi connectivity index (χ4n) is 4.79. The zero-order valence-electron chi connectivity index (χ0n) is 16.8. The normalized spacial score (nSPS) is 26.6. The summed E-state index contributed by atoms with van der Waals surface area (Å²) in [6, 6.07) is 10.4. The topological polar surface area (TPSA) is 80.0 Å². The summed E-state index contributed by atoms with van der Waals surface area (Å²) in [6.45, 7) is 2.93. The largest absolute Gasteiger partial charge is 0.391 e. The molecule has 3 heterocycles. The Labute approximate surface area is 180 Å². The van der Waals surface area contributed by atoms with Gasteiger partial charge in [-0.15, -0.1) is 0 Å². The van der Waals surface area contributed by atoms with Crippen LogP contribution >= 0.6 is 11.8 Å². The van der Waals surface area contributed by atoms with Crippen molar-refractivity contribution in [3.63, 3.8) is 0 Å². The third-order valence-electron chi connectivity index (χ3n) is 6.26. The molecule has 8 heteroatoms. The van der Waals surface area contributed by atoms with Gasteiger partial charge in [-0.25, -0.2) is 19.6 Å². The van der Waals surface area contributed by atoms with Crippen molar-refractivity contribution in [2.45, 2.75) is 42.4 Å². The number of benzene rings is 1. The first-order valence-electron chi connectivity index (χ1n) is 10.5. The molecule has 1 aliphatic carbocycles. The molecule has 1 aliphatic heterocycles. The molecule has 4 atom stereocenters. The number of fused-ring (bicyclic) bond motifs is 1. The number of aromatic nitrogens is 5. The summed E-state index contributed by atoms with van der Waals surface area (Å²) in [4.78, 5) is 15.6. The Morgan fingerprint density at radius 1 is 1.00 bits per heavy atom. The van der Waals surface area contributed by atoms with Crippen LogP contribution in [0.25, 0.3) is 0 Å². The standard InChI is InChI=1S/C22H26N6OS/c29-21-7-19-12-27(11-18(19)6-20(21)28-15-23-14-26-28)10-17-8-24-22(25-9-17)30-13-16-4-2-1-3-5-16/h1-5,8-9,14-15,18-21,29H,6-7,10-13H2/t18-,19+,20-,21-/m1/s1. The minimum absolute atomic E-state index is 0.0398. The lowest BCUT2D eigenvalue weighted by Crippen LogP contribution is -2.36. The Bertz CT molecular complexity index is 936. The van der Waals surface area contributed by atoms with E-state index in [1.54, 1.807) is 24.4 Å². The Morgan fingerprint density at radius 3 is 2.50 bits per heavy atom. The highest BCUT2D eigenvalue weighted by atomic mass is 32.2. The molecule has 2 aliphatic rings. The molecule has 0 amide bonds. The minimum Gasteiger partial charge on any atom is -0.391 e. The Kier molecular flexibility index (Phi) is 5.79. The van der Waals surface area contributed by atoms with E-state index in [-0.39, 0.29) is 12.1 Å². The van der Waals surface area contributed by atoms with E-state index in [1.807, 2.05) is 23.1 Å². The van der Waals surface area contributed by atoms with Crippen LogP contribution in [0.2, 0.25) is 0 Å². The molecule has 0 unspecified atom stereocenters. The minimum atomic E-state index is -0.350. The summed E-state index contributed by atoms with van der Waals surface area (Å²) in [5.74, 6) is 2.01. The predicted octanol–water partition coefficient (Wildman–Crippen LogP) is 2.80. The molecule has 156 valence electrons. The Balaban J connectivity index is 1.15. The second-order valence-electron chi connectivity index (χ2n) is 8.34. The molecule has 1 saturated heterocycles. The van der Waals surface area contributed by atoms with Gasteiger partial charge in [0, 0.05) is 43.3 Å². The number of aliphatic hydroxyl groups is 1. The van der Waals surface area contributed by atoms with E-state index in [4.69, 9.17) is 0 Å². The third-order valence-corrected chi connectivity index (χ3v) is 7.21. The maximum atomic E-state index is 10.6. The van der Waals surface area contributed by atoms with E-state index >= 15 is 0 Å². The highest BCUT2D eigenvalue weighted by Crippen LogP contribution is 2.41. The first-order valence-corrected chi connectivity index (χ1v) is 11.5. The lowest BCUT2D eigenvalue weighted by molar-refractivity contribution is 0.0304. The fraction of sp³-hybridized carbons (Fsp3) is 0.455. The molecule has 1 N–H and O–H groups in total. The highest BCUT2D eigenvalue weighted by Gasteiger charge is 2.42. The number of nitrogens with zero attached hydrogens (tertiary/aromatic N) is 6. The lowest BCUT2D eigenvalue weighted by atomic mass is 9.77. The molecule has 0 radical (unpaired) electrons. The first-order chi connectivity index (χ1) is 14.7. The number of hydrogen-bond acceptors (Lipinski definition) is 7. The maximum absolute atomic E-state index is 10.6. The van der Waals surface area contributed by atoms with Crippen molar-refractivity contribution in [3.8, 4) is 0 Å². The monoisotopic (exact) mass is 422 g/mol. The molecule has 30 heavy (non-hydrogen) atoms. The second kappa shape index (κ2) is 8.83. The van der Waals surface area contributed by atoms with Crippen LogP contribution in [-0.4, -0.2) is 53.9 Å². The number of likely N-dealkylation sites (tertiary alicyclic amines) is 1. The van der Waals surface area contributed by atoms with Gasteiger partial charge in [-0.05, 0) is 30.2 Å². The molecular formula is C22H26N6OS. The first kappa shape index (κ1) is 19.7. The van der Waals surface area contributed by atoms with Gasteiger partial charge < -0.3 is 5.11 Å². The number of aliphatic hydroxyl groups excluding tert-OH is 1. The Hall–Kier alpha value is -2.29. The summed E-state index contributed by atoms with van der Waals surface area (Å²) in [7, 11) is 0. The van der Waals surface area contributed by atoms with Crippen molar-refractivity contribution in [2.75, 3.05) is 13.1 Å². The summed E-state index contributed by atoms with van der Waals surface area (Å²) >= 11 is 1.66. The number of thioether (sulfide) groups is 1. The average molecular weight is 423 g/mol. The molecule has 3 aromatic rings. The smallest absolute Gasteiger partial charge is 0.187 e. The summed E-state index contributed by atoms with van der Waals surface area (Å²) in [5, 5.41) is 15.7. The van der Waals surface area contributed by atoms with Crippen molar-refractivity contribution >= 4 is 11.8 Å². The highest BCUT2D eigenvalue weighted by molar-refractivity contribution is 7.98. The van der Waals surface area contributed by atoms with E-state index in [0.717, 1.165) is 48.9 Å². The van der Waals surface area contributed by atoms with Crippen LogP contribution in [0.3, 0.4) is 0 Å². The fourth-order valence-corrected chi connectivity index (χ4v) is 5.53. The molecule has 1 saturated carbocycles. The molecule has 0 bridgehead atoms. The van der Waals surface area contributed by atoms with Crippen LogP contribution in [0.5, 0.6) is 0 Å². The molecule has 2 fully saturated rings. The molecule has 7 nitrogen and oxygen atoms in total. The van der Waals surface area contributed by atoms with Gasteiger partial charge in [0.1, 0.15) is 12.7 Å². The van der Waals surface area contributed by atoms with Crippen LogP contribution in [0.4, 0.5) is 0 Å². The summed E-state index contributed by atoms with van der Waals surface area (Å²) in [6.07, 6.45) is 8.60. The van der Waals surface area contributed by atoms with Crippen molar-refractivity contribution < 1.29 is 5.11 Å². The van der Waals surface area contributed by atoms with Crippen LogP contribution in [0.1, 0.15) is 30.0 Å². The quantitative estimate of drug-likeness (QED) is 0.483. The second-order valence-corrected chi connectivity index (χ2v) is 9.29. The van der Waals surface area contributed by atoms with Crippen molar-refractivity contribution in [2.24, 2.45) is 11.8 Å². The van der Waals surface area contributed by atoms with Gasteiger partial charge >= 0.3 is 0 Å². The number of rotatable bonds is 6. The summed E-state index contributed by atoms with van der Waals surface area (Å²) < 4.78 is 1.82. The molecule has 5 rings (SSSR count). The number of hydrogen-bond donors (Lipinski definition) is 1. The van der Waals surface area contributed by atoms with Gasteiger partial charge in [0.25, 0.3) is 0 Å². The van der Waals surface area contributed by atoms with E-state index in [9.17, 15) is 5.11 Å². The molecule has 0 spiro atoms. The predicted molar refractivity (Wildman–Crippen MR) is 115 cm³/mol. The molecule has 2 aromatic heterocycles. The van der Waals surface area contributed by atoms with Gasteiger partial charge in [0.2, 0.25) is 0 Å². The van der Waals surface area contributed by atoms with E-state index < -0.39 is 0 Å². The zero-order valence-corrected chi connectivity index (χ0v) is 17.6. The van der Waals surface area contributed by atoms with Crippen molar-refractivity contribution in [1.82, 2.24) is 29.6 Å². The SMILES string of the molecule is O[C@@H]1C[C@H]2CN(Cc3cnc(SCc4ccccc4)nc3)C[C@H]2C[C@H]1n1cncn1. The zero-order chi connectivity index (χ0) is 20.3. The van der Waals surface area contributed by atoms with E-state index in [1.165, 1.54) is 5.56 Å². The maximum Gasteiger partial charge on any atom is 0.187 e. The third kappa shape index (κ3) is 4.40. The van der Waals surface area contributed by atoms with Crippen molar-refractivity contribution in [3.05, 3.63) is 66.5 Å². The van der Waals surface area contributed by atoms with Crippen LogP contribution < -0.4 is 0 Å². The lowest BCUT2D eigenvalue weighted by Gasteiger charge is -2.35. The summed E-state index contributed by atoms with van der Waals surface area (Å²) in [5.41, 5.74) is 2.42. The Morgan fingerprint density at radius 2 is 1.77 bits per heavy atom. The van der Waals surface area contributed by atoms with Gasteiger partial charge in [0.15, 0.2) is 5.16 Å². The molecule has 1 aromatic carbocycles. The van der Waals surface area contributed by atoms with E-state index in [0.29, 0.717) is 11.8 Å². The molecular weight excluding hydrogens is 396 g/mol. The van der Waals surface area contributed by atoms with Gasteiger partial charge in [-0.3, -0.25) is 4.90 Å². The van der Waals surface area contributed by atoms with Crippen LogP contribution in [0, 0.1) is 11.8 Å². The van der Waals surface area contributed by atoms with Crippen LogP contribution in [-0.2, 0) is 12.3 Å². The average Bonchev–Trinajstić information content (AvgIpc) is 3.43. The van der Waals surface area contributed by atoms with E-state index in [2.05, 4.69) is 49.2 Å². The van der Waals surface area contributed by atoms with Gasteiger partial charge in [-0.1, -0.05) is 42.1 Å².